The lowest BCUT2D eigenvalue weighted by atomic mass is 10.1. The number of hydrogen-bond acceptors (Lipinski definition) is 3. The monoisotopic (exact) mass is 351 g/mol. The smallest absolute Gasteiger partial charge is 0.254 e. The van der Waals surface area contributed by atoms with Gasteiger partial charge in [-0.15, -0.1) is 0 Å². The number of fused-ring (bicyclic) bond motifs is 1. The lowest BCUT2D eigenvalue weighted by Gasteiger charge is -2.18. The highest BCUT2D eigenvalue weighted by molar-refractivity contribution is 5.98. The summed E-state index contributed by atoms with van der Waals surface area (Å²) >= 11 is 0. The molecule has 1 aliphatic heterocycles. The summed E-state index contributed by atoms with van der Waals surface area (Å²) in [4.78, 5) is 29.6. The number of aryl methyl sites for hydroxylation is 1. The number of aromatic amines is 1. The maximum absolute atomic E-state index is 12.8. The van der Waals surface area contributed by atoms with Gasteiger partial charge >= 0.3 is 0 Å². The summed E-state index contributed by atoms with van der Waals surface area (Å²) < 4.78 is 7.53. The number of aromatic nitrogens is 2. The molecule has 6 heteroatoms. The fraction of sp³-hybridized carbons (Fsp3) is 0.300. The predicted molar refractivity (Wildman–Crippen MR) is 99.7 cm³/mol. The van der Waals surface area contributed by atoms with Crippen LogP contribution in [0.3, 0.4) is 0 Å². The van der Waals surface area contributed by atoms with Crippen LogP contribution in [-0.4, -0.2) is 39.6 Å². The molecule has 26 heavy (non-hydrogen) atoms. The van der Waals surface area contributed by atoms with E-state index in [0.717, 1.165) is 23.0 Å². The second kappa shape index (κ2) is 6.37. The normalized spacial score (nSPS) is 17.0. The van der Waals surface area contributed by atoms with Crippen LogP contribution >= 0.6 is 0 Å². The van der Waals surface area contributed by atoms with Crippen LogP contribution in [0.4, 0.5) is 0 Å². The third-order valence-corrected chi connectivity index (χ3v) is 5.01. The van der Waals surface area contributed by atoms with Crippen LogP contribution in [-0.2, 0) is 7.05 Å². The van der Waals surface area contributed by atoms with E-state index in [1.165, 1.54) is 6.07 Å². The average Bonchev–Trinajstić information content (AvgIpc) is 3.27. The minimum Gasteiger partial charge on any atom is -0.488 e. The van der Waals surface area contributed by atoms with Crippen molar-refractivity contribution >= 4 is 16.8 Å². The van der Waals surface area contributed by atoms with Crippen molar-refractivity contribution in [3.05, 3.63) is 64.2 Å². The summed E-state index contributed by atoms with van der Waals surface area (Å²) in [6.45, 7) is 3.05. The zero-order valence-electron chi connectivity index (χ0n) is 14.9. The Morgan fingerprint density at radius 2 is 2.08 bits per heavy atom. The fourth-order valence-corrected chi connectivity index (χ4v) is 3.37. The van der Waals surface area contributed by atoms with Gasteiger partial charge in [0, 0.05) is 54.4 Å². The highest BCUT2D eigenvalue weighted by atomic mass is 16.5. The number of nitrogens with zero attached hydrogens (tertiary/aromatic N) is 2. The van der Waals surface area contributed by atoms with Crippen LogP contribution in [0.5, 0.6) is 5.75 Å². The molecular formula is C20H21N3O3. The number of likely N-dealkylation sites (tertiary alicyclic amines) is 1. The Morgan fingerprint density at radius 1 is 1.23 bits per heavy atom. The minimum absolute atomic E-state index is 0.0133. The number of rotatable bonds is 3. The van der Waals surface area contributed by atoms with E-state index >= 15 is 0 Å². The minimum atomic E-state index is -0.0959. The van der Waals surface area contributed by atoms with E-state index in [4.69, 9.17) is 4.74 Å². The molecule has 0 radical (unpaired) electrons. The number of H-pyrrole nitrogens is 1. The number of amides is 1. The number of carbonyl (C=O) groups is 1. The molecule has 4 rings (SSSR count). The van der Waals surface area contributed by atoms with E-state index in [0.29, 0.717) is 24.4 Å². The van der Waals surface area contributed by atoms with Crippen molar-refractivity contribution in [2.24, 2.45) is 7.05 Å². The summed E-state index contributed by atoms with van der Waals surface area (Å²) in [5.41, 5.74) is 2.45. The first-order valence-corrected chi connectivity index (χ1v) is 8.72. The maximum atomic E-state index is 12.8. The first kappa shape index (κ1) is 16.4. The number of nitrogens with one attached hydrogen (secondary N) is 1. The molecule has 1 saturated heterocycles. The standard InChI is InChI=1S/C20H21N3O3/c1-13-9-17(11-19(24)22(13)2)26-16-6-8-23(12-16)20(25)15-3-4-18-14(10-15)5-7-21-18/h3-5,7,9-11,16,21H,6,8,12H2,1-2H3. The quantitative estimate of drug-likeness (QED) is 0.788. The van der Waals surface area contributed by atoms with Gasteiger partial charge in [0.05, 0.1) is 6.54 Å². The lowest BCUT2D eigenvalue weighted by Crippen LogP contribution is -2.31. The van der Waals surface area contributed by atoms with Gasteiger partial charge in [0.15, 0.2) is 0 Å². The van der Waals surface area contributed by atoms with E-state index in [2.05, 4.69) is 4.98 Å². The Bertz CT molecular complexity index is 1030. The Balaban J connectivity index is 1.46. The molecule has 1 fully saturated rings. The summed E-state index contributed by atoms with van der Waals surface area (Å²) in [6.07, 6.45) is 2.53. The van der Waals surface area contributed by atoms with E-state index in [1.807, 2.05) is 48.4 Å². The van der Waals surface area contributed by atoms with Crippen molar-refractivity contribution in [1.82, 2.24) is 14.5 Å². The molecule has 1 aliphatic rings. The van der Waals surface area contributed by atoms with E-state index < -0.39 is 0 Å². The van der Waals surface area contributed by atoms with Crippen molar-refractivity contribution in [3.63, 3.8) is 0 Å². The summed E-state index contributed by atoms with van der Waals surface area (Å²) in [6, 6.07) is 11.0. The Kier molecular flexibility index (Phi) is 4.03. The van der Waals surface area contributed by atoms with Gasteiger partial charge in [-0.2, -0.15) is 0 Å². The largest absolute Gasteiger partial charge is 0.488 e. The van der Waals surface area contributed by atoms with Gasteiger partial charge in [0.1, 0.15) is 11.9 Å². The average molecular weight is 351 g/mol. The molecule has 134 valence electrons. The molecule has 3 heterocycles. The molecule has 0 saturated carbocycles. The molecule has 0 bridgehead atoms. The van der Waals surface area contributed by atoms with Crippen LogP contribution < -0.4 is 10.3 Å². The van der Waals surface area contributed by atoms with Gasteiger partial charge in [-0.1, -0.05) is 0 Å². The zero-order chi connectivity index (χ0) is 18.3. The van der Waals surface area contributed by atoms with E-state index in [-0.39, 0.29) is 17.6 Å². The highest BCUT2D eigenvalue weighted by Gasteiger charge is 2.28. The van der Waals surface area contributed by atoms with Crippen molar-refractivity contribution in [3.8, 4) is 5.75 Å². The highest BCUT2D eigenvalue weighted by Crippen LogP contribution is 2.21. The molecule has 0 aliphatic carbocycles. The molecule has 1 N–H and O–H groups in total. The first-order chi connectivity index (χ1) is 12.5. The van der Waals surface area contributed by atoms with Gasteiger partial charge in [-0.25, -0.2) is 0 Å². The van der Waals surface area contributed by atoms with E-state index in [1.54, 1.807) is 11.6 Å². The molecule has 1 aromatic carbocycles. The van der Waals surface area contributed by atoms with Crippen LogP contribution in [0, 0.1) is 6.92 Å². The Morgan fingerprint density at radius 3 is 2.88 bits per heavy atom. The zero-order valence-corrected chi connectivity index (χ0v) is 14.9. The molecule has 1 unspecified atom stereocenters. The van der Waals surface area contributed by atoms with Crippen molar-refractivity contribution < 1.29 is 9.53 Å². The van der Waals surface area contributed by atoms with Gasteiger partial charge in [0.2, 0.25) is 0 Å². The molecule has 6 nitrogen and oxygen atoms in total. The Labute approximate surface area is 151 Å². The van der Waals surface area contributed by atoms with Gasteiger partial charge in [0.25, 0.3) is 11.5 Å². The van der Waals surface area contributed by atoms with Gasteiger partial charge < -0.3 is 19.2 Å². The van der Waals surface area contributed by atoms with Crippen LogP contribution in [0.15, 0.2) is 47.4 Å². The molecular weight excluding hydrogens is 330 g/mol. The van der Waals surface area contributed by atoms with Crippen LogP contribution in [0.1, 0.15) is 22.5 Å². The first-order valence-electron chi connectivity index (χ1n) is 8.72. The number of carbonyl (C=O) groups excluding carboxylic acids is 1. The summed E-state index contributed by atoms with van der Waals surface area (Å²) in [7, 11) is 1.73. The summed E-state index contributed by atoms with van der Waals surface area (Å²) in [5.74, 6) is 0.581. The lowest BCUT2D eigenvalue weighted by molar-refractivity contribution is 0.0772. The van der Waals surface area contributed by atoms with Gasteiger partial charge in [-0.3, -0.25) is 9.59 Å². The second-order valence-electron chi connectivity index (χ2n) is 6.79. The molecule has 1 amide bonds. The predicted octanol–water partition coefficient (Wildman–Crippen LogP) is 2.47. The molecule has 3 aromatic rings. The fourth-order valence-electron chi connectivity index (χ4n) is 3.37. The van der Waals surface area contributed by atoms with Crippen molar-refractivity contribution in [2.75, 3.05) is 13.1 Å². The number of ether oxygens (including phenoxy) is 1. The van der Waals surface area contributed by atoms with Crippen LogP contribution in [0.25, 0.3) is 10.9 Å². The molecule has 1 atom stereocenters. The van der Waals surface area contributed by atoms with Crippen molar-refractivity contribution in [2.45, 2.75) is 19.4 Å². The second-order valence-corrected chi connectivity index (χ2v) is 6.79. The number of benzene rings is 1. The SMILES string of the molecule is Cc1cc(OC2CCN(C(=O)c3ccc4[nH]ccc4c3)C2)cc(=O)n1C. The topological polar surface area (TPSA) is 67.3 Å². The van der Waals surface area contributed by atoms with Crippen LogP contribution in [0.2, 0.25) is 0 Å². The van der Waals surface area contributed by atoms with Crippen molar-refractivity contribution in [1.29, 1.82) is 0 Å². The Hall–Kier alpha value is -3.02. The third-order valence-electron chi connectivity index (χ3n) is 5.01. The summed E-state index contributed by atoms with van der Waals surface area (Å²) in [5, 5.41) is 1.03. The number of hydrogen-bond donors (Lipinski definition) is 1. The maximum Gasteiger partial charge on any atom is 0.254 e. The van der Waals surface area contributed by atoms with Gasteiger partial charge in [-0.05, 0) is 37.3 Å². The molecule has 0 spiro atoms. The number of pyridine rings is 1. The van der Waals surface area contributed by atoms with E-state index in [9.17, 15) is 9.59 Å². The molecule has 2 aromatic heterocycles. The third kappa shape index (κ3) is 2.98.